The number of hydrogen-bond acceptors (Lipinski definition) is 2. The molecule has 2 nitrogen and oxygen atoms in total. The van der Waals surface area contributed by atoms with Gasteiger partial charge >= 0.3 is 0 Å². The highest BCUT2D eigenvalue weighted by atomic mass is 28.4. The summed E-state index contributed by atoms with van der Waals surface area (Å²) in [7, 11) is -3.94. The molecule has 0 heterocycles. The van der Waals surface area contributed by atoms with Gasteiger partial charge in [0.2, 0.25) is 0 Å². The van der Waals surface area contributed by atoms with Gasteiger partial charge in [-0.05, 0) is 57.4 Å². The zero-order chi connectivity index (χ0) is 19.9. The van der Waals surface area contributed by atoms with Crippen LogP contribution in [0.2, 0.25) is 57.4 Å². The molecular formula is C20H50O2Si4. The van der Waals surface area contributed by atoms with Crippen molar-refractivity contribution in [3.63, 3.8) is 0 Å². The van der Waals surface area contributed by atoms with Crippen LogP contribution in [0.4, 0.5) is 0 Å². The van der Waals surface area contributed by atoms with Crippen molar-refractivity contribution in [2.45, 2.75) is 129 Å². The van der Waals surface area contributed by atoms with Gasteiger partial charge in [0.1, 0.15) is 9.76 Å². The first kappa shape index (κ1) is 26.8. The van der Waals surface area contributed by atoms with Crippen molar-refractivity contribution in [2.75, 3.05) is 0 Å². The first-order valence-electron chi connectivity index (χ1n) is 11.5. The molecule has 0 aliphatic heterocycles. The SMILES string of the molecule is CCCCCCCCCCC[Si](C)(C)O[Si](C)(C)CCC[SiH2]O[SiH](C)C. The average Bonchev–Trinajstić information content (AvgIpc) is 2.51. The molecule has 158 valence electrons. The quantitative estimate of drug-likeness (QED) is 0.174. The van der Waals surface area contributed by atoms with Crippen molar-refractivity contribution < 1.29 is 8.23 Å². The normalized spacial score (nSPS) is 13.4. The molecule has 0 aromatic carbocycles. The highest BCUT2D eigenvalue weighted by Gasteiger charge is 2.32. The predicted molar refractivity (Wildman–Crippen MR) is 131 cm³/mol. The fraction of sp³-hybridized carbons (Fsp3) is 1.00. The summed E-state index contributed by atoms with van der Waals surface area (Å²) in [5.41, 5.74) is 0. The smallest absolute Gasteiger partial charge is 0.173 e. The summed E-state index contributed by atoms with van der Waals surface area (Å²) in [4.78, 5) is 0. The summed E-state index contributed by atoms with van der Waals surface area (Å²) in [5, 5.41) is 0. The summed E-state index contributed by atoms with van der Waals surface area (Å²) in [5.74, 6) is 0. The predicted octanol–water partition coefficient (Wildman–Crippen LogP) is 6.84. The molecule has 0 bridgehead atoms. The van der Waals surface area contributed by atoms with Crippen molar-refractivity contribution in [3.05, 3.63) is 0 Å². The fourth-order valence-electron chi connectivity index (χ4n) is 3.68. The maximum absolute atomic E-state index is 6.79. The summed E-state index contributed by atoms with van der Waals surface area (Å²) in [6.45, 7) is 16.7. The van der Waals surface area contributed by atoms with E-state index in [-0.39, 0.29) is 9.76 Å². The van der Waals surface area contributed by atoms with E-state index in [1.807, 2.05) is 0 Å². The van der Waals surface area contributed by atoms with Gasteiger partial charge in [0, 0.05) is 0 Å². The van der Waals surface area contributed by atoms with Crippen molar-refractivity contribution in [3.8, 4) is 0 Å². The molecule has 0 saturated heterocycles. The third kappa shape index (κ3) is 18.2. The minimum atomic E-state index is -1.47. The summed E-state index contributed by atoms with van der Waals surface area (Å²) < 4.78 is 12.7. The zero-order valence-electron chi connectivity index (χ0n) is 19.3. The lowest BCUT2D eigenvalue weighted by Crippen LogP contribution is -2.44. The molecule has 0 saturated carbocycles. The lowest BCUT2D eigenvalue weighted by Gasteiger charge is -2.34. The Morgan fingerprint density at radius 3 is 1.65 bits per heavy atom. The molecule has 0 unspecified atom stereocenters. The molecule has 0 aliphatic rings. The summed E-state index contributed by atoms with van der Waals surface area (Å²) >= 11 is 0. The molecule has 0 amide bonds. The Morgan fingerprint density at radius 1 is 0.692 bits per heavy atom. The van der Waals surface area contributed by atoms with E-state index in [0.29, 0.717) is 0 Å². The minimum absolute atomic E-state index is 0.236. The largest absolute Gasteiger partial charge is 0.463 e. The van der Waals surface area contributed by atoms with Crippen LogP contribution in [0.1, 0.15) is 71.1 Å². The Morgan fingerprint density at radius 2 is 1.15 bits per heavy atom. The van der Waals surface area contributed by atoms with Gasteiger partial charge in [0.05, 0.1) is 0 Å². The van der Waals surface area contributed by atoms with Crippen LogP contribution in [-0.2, 0) is 8.23 Å². The van der Waals surface area contributed by atoms with Crippen molar-refractivity contribution in [2.24, 2.45) is 0 Å². The van der Waals surface area contributed by atoms with Gasteiger partial charge < -0.3 is 8.23 Å². The third-order valence-corrected chi connectivity index (χ3v) is 17.0. The van der Waals surface area contributed by atoms with Crippen LogP contribution in [0.3, 0.4) is 0 Å². The number of rotatable bonds is 18. The van der Waals surface area contributed by atoms with E-state index in [9.17, 15) is 0 Å². The highest BCUT2D eigenvalue weighted by molar-refractivity contribution is 6.84. The van der Waals surface area contributed by atoms with Crippen LogP contribution in [0.25, 0.3) is 0 Å². The second kappa shape index (κ2) is 15.7. The Kier molecular flexibility index (Phi) is 16.2. The Hall–Kier alpha value is 0.788. The highest BCUT2D eigenvalue weighted by Crippen LogP contribution is 2.25. The molecule has 0 aliphatic carbocycles. The molecule has 0 atom stereocenters. The maximum atomic E-state index is 6.79. The average molecular weight is 435 g/mol. The topological polar surface area (TPSA) is 18.5 Å². The van der Waals surface area contributed by atoms with Crippen molar-refractivity contribution in [1.29, 1.82) is 0 Å². The van der Waals surface area contributed by atoms with Crippen LogP contribution in [0.5, 0.6) is 0 Å². The van der Waals surface area contributed by atoms with Gasteiger partial charge in [-0.1, -0.05) is 71.1 Å². The Bertz CT molecular complexity index is 323. The fourth-order valence-corrected chi connectivity index (χ4v) is 16.2. The summed E-state index contributed by atoms with van der Waals surface area (Å²) in [6.07, 6.45) is 14.1. The molecule has 0 rings (SSSR count). The monoisotopic (exact) mass is 434 g/mol. The molecule has 0 spiro atoms. The van der Waals surface area contributed by atoms with E-state index in [4.69, 9.17) is 8.23 Å². The van der Waals surface area contributed by atoms with Crippen molar-refractivity contribution >= 4 is 35.4 Å². The van der Waals surface area contributed by atoms with Gasteiger partial charge in [-0.15, -0.1) is 0 Å². The van der Waals surface area contributed by atoms with Gasteiger partial charge in [0.15, 0.2) is 25.7 Å². The number of unbranched alkanes of at least 4 members (excludes halogenated alkanes) is 8. The molecule has 0 aromatic rings. The van der Waals surface area contributed by atoms with E-state index < -0.39 is 25.7 Å². The van der Waals surface area contributed by atoms with Gasteiger partial charge in [-0.3, -0.25) is 0 Å². The first-order chi connectivity index (χ1) is 12.2. The Balaban J connectivity index is 3.76. The van der Waals surface area contributed by atoms with Crippen LogP contribution in [-0.4, -0.2) is 35.4 Å². The molecule has 0 radical (unpaired) electrons. The molecule has 0 fully saturated rings. The van der Waals surface area contributed by atoms with Crippen molar-refractivity contribution in [1.82, 2.24) is 0 Å². The maximum Gasteiger partial charge on any atom is 0.173 e. The van der Waals surface area contributed by atoms with E-state index in [0.717, 1.165) is 0 Å². The van der Waals surface area contributed by atoms with E-state index in [1.165, 1.54) is 82.3 Å². The second-order valence-electron chi connectivity index (χ2n) is 9.58. The third-order valence-electron chi connectivity index (χ3n) is 5.06. The lowest BCUT2D eigenvalue weighted by atomic mass is 10.1. The lowest BCUT2D eigenvalue weighted by molar-refractivity contribution is 0.523. The van der Waals surface area contributed by atoms with Crippen LogP contribution >= 0.6 is 0 Å². The van der Waals surface area contributed by atoms with Crippen LogP contribution in [0.15, 0.2) is 0 Å². The standard InChI is InChI=1S/C20H50O2Si4/c1-8-9-10-11-12-13-14-15-16-19-25(4,5)22-26(6,7)20-17-18-23-21-24(2)3/h24H,8-20,23H2,1-7H3. The van der Waals surface area contributed by atoms with E-state index in [2.05, 4.69) is 46.2 Å². The molecule has 6 heteroatoms. The number of hydrogen-bond donors (Lipinski definition) is 0. The Labute approximate surface area is 172 Å². The second-order valence-corrected chi connectivity index (χ2v) is 23.0. The molecular weight excluding hydrogens is 385 g/mol. The van der Waals surface area contributed by atoms with Gasteiger partial charge in [-0.25, -0.2) is 0 Å². The van der Waals surface area contributed by atoms with Gasteiger partial charge in [0.25, 0.3) is 0 Å². The van der Waals surface area contributed by atoms with E-state index in [1.54, 1.807) is 0 Å². The summed E-state index contributed by atoms with van der Waals surface area (Å²) in [6, 6.07) is 4.04. The van der Waals surface area contributed by atoms with E-state index >= 15 is 0 Å². The zero-order valence-corrected chi connectivity index (χ0v) is 23.9. The first-order valence-corrected chi connectivity index (χ1v) is 22.1. The van der Waals surface area contributed by atoms with Gasteiger partial charge in [-0.2, -0.15) is 0 Å². The van der Waals surface area contributed by atoms with Crippen LogP contribution in [0, 0.1) is 0 Å². The minimum Gasteiger partial charge on any atom is -0.463 e. The molecule has 0 N–H and O–H groups in total. The molecule has 0 aromatic heterocycles. The van der Waals surface area contributed by atoms with Crippen LogP contribution < -0.4 is 0 Å². The molecule has 26 heavy (non-hydrogen) atoms.